The number of aromatic nitrogens is 1. The predicted octanol–water partition coefficient (Wildman–Crippen LogP) is 2.36. The molecule has 1 aromatic carbocycles. The highest BCUT2D eigenvalue weighted by molar-refractivity contribution is 6.33. The van der Waals surface area contributed by atoms with Crippen LogP contribution in [0.5, 0.6) is 0 Å². The summed E-state index contributed by atoms with van der Waals surface area (Å²) in [6, 6.07) is 9.76. The Labute approximate surface area is 139 Å². The molecule has 2 aromatic rings. The average Bonchev–Trinajstić information content (AvgIpc) is 2.87. The van der Waals surface area contributed by atoms with Gasteiger partial charge in [-0.1, -0.05) is 6.07 Å². The molecule has 0 spiro atoms. The molecule has 1 aliphatic rings. The molecule has 2 heterocycles. The van der Waals surface area contributed by atoms with Crippen LogP contribution in [0.15, 0.2) is 42.6 Å². The van der Waals surface area contributed by atoms with E-state index in [9.17, 15) is 14.4 Å². The Balaban J connectivity index is 1.98. The molecular formula is C18H17N3O3. The van der Waals surface area contributed by atoms with Crippen molar-refractivity contribution in [2.45, 2.75) is 13.8 Å². The minimum absolute atomic E-state index is 0.128. The molecule has 0 radical (unpaired) electrons. The van der Waals surface area contributed by atoms with Gasteiger partial charge in [0.2, 0.25) is 0 Å². The molecule has 6 nitrogen and oxygen atoms in total. The quantitative estimate of drug-likeness (QED) is 0.810. The largest absolute Gasteiger partial charge is 0.339 e. The zero-order valence-corrected chi connectivity index (χ0v) is 13.5. The lowest BCUT2D eigenvalue weighted by atomic mass is 10.1. The van der Waals surface area contributed by atoms with Gasteiger partial charge in [0.05, 0.1) is 11.3 Å². The van der Waals surface area contributed by atoms with E-state index in [0.717, 1.165) is 4.90 Å². The third-order valence-corrected chi connectivity index (χ3v) is 4.05. The number of carbonyl (C=O) groups excluding carboxylic acids is 3. The van der Waals surface area contributed by atoms with Crippen molar-refractivity contribution in [2.75, 3.05) is 18.0 Å². The van der Waals surface area contributed by atoms with Crippen LogP contribution >= 0.6 is 0 Å². The maximum absolute atomic E-state index is 12.5. The Bertz CT molecular complexity index is 793. The molecule has 122 valence electrons. The van der Waals surface area contributed by atoms with Crippen LogP contribution in [0.2, 0.25) is 0 Å². The number of carbonyl (C=O) groups is 3. The SMILES string of the molecule is CCN(CC)C(=O)c1cccc(N2C(=O)c3cccnc3C2=O)c1. The van der Waals surface area contributed by atoms with Gasteiger partial charge in [0, 0.05) is 24.8 Å². The first-order valence-electron chi connectivity index (χ1n) is 7.81. The number of nitrogens with zero attached hydrogens (tertiary/aromatic N) is 3. The number of fused-ring (bicyclic) bond motifs is 1. The second-order valence-corrected chi connectivity index (χ2v) is 5.37. The average molecular weight is 323 g/mol. The van der Waals surface area contributed by atoms with E-state index in [2.05, 4.69) is 4.98 Å². The fourth-order valence-electron chi connectivity index (χ4n) is 2.77. The topological polar surface area (TPSA) is 70.6 Å². The van der Waals surface area contributed by atoms with Crippen LogP contribution in [0.1, 0.15) is 45.1 Å². The molecule has 3 amide bonds. The number of imide groups is 1. The number of pyridine rings is 1. The molecule has 0 saturated heterocycles. The number of hydrogen-bond acceptors (Lipinski definition) is 4. The molecule has 1 aromatic heterocycles. The van der Waals surface area contributed by atoms with Crippen LogP contribution in [0.4, 0.5) is 5.69 Å². The zero-order chi connectivity index (χ0) is 17.3. The number of rotatable bonds is 4. The monoisotopic (exact) mass is 323 g/mol. The first-order valence-corrected chi connectivity index (χ1v) is 7.81. The molecule has 3 rings (SSSR count). The van der Waals surface area contributed by atoms with E-state index in [1.165, 1.54) is 6.20 Å². The van der Waals surface area contributed by atoms with E-state index in [1.54, 1.807) is 41.3 Å². The van der Waals surface area contributed by atoms with Crippen LogP contribution in [0, 0.1) is 0 Å². The van der Waals surface area contributed by atoms with Crippen molar-refractivity contribution in [2.24, 2.45) is 0 Å². The first-order chi connectivity index (χ1) is 11.6. The third-order valence-electron chi connectivity index (χ3n) is 4.05. The third kappa shape index (κ3) is 2.46. The van der Waals surface area contributed by atoms with E-state index >= 15 is 0 Å². The summed E-state index contributed by atoms with van der Waals surface area (Å²) < 4.78 is 0. The molecule has 24 heavy (non-hydrogen) atoms. The van der Waals surface area contributed by atoms with Gasteiger partial charge in [-0.05, 0) is 44.2 Å². The smallest absolute Gasteiger partial charge is 0.284 e. The van der Waals surface area contributed by atoms with Crippen molar-refractivity contribution in [3.8, 4) is 0 Å². The van der Waals surface area contributed by atoms with Crippen molar-refractivity contribution < 1.29 is 14.4 Å². The number of amides is 3. The van der Waals surface area contributed by atoms with Gasteiger partial charge >= 0.3 is 0 Å². The fourth-order valence-corrected chi connectivity index (χ4v) is 2.77. The number of hydrogen-bond donors (Lipinski definition) is 0. The molecule has 1 aliphatic heterocycles. The Hall–Kier alpha value is -3.02. The summed E-state index contributed by atoms with van der Waals surface area (Å²) >= 11 is 0. The first kappa shape index (κ1) is 15.9. The molecule has 0 atom stereocenters. The predicted molar refractivity (Wildman–Crippen MR) is 89.1 cm³/mol. The lowest BCUT2D eigenvalue weighted by molar-refractivity contribution is 0.0771. The van der Waals surface area contributed by atoms with Crippen molar-refractivity contribution in [3.05, 3.63) is 59.4 Å². The number of anilines is 1. The number of benzene rings is 1. The van der Waals surface area contributed by atoms with E-state index in [4.69, 9.17) is 0 Å². The fraction of sp³-hybridized carbons (Fsp3) is 0.222. The molecule has 0 fully saturated rings. The normalized spacial score (nSPS) is 13.2. The summed E-state index contributed by atoms with van der Waals surface area (Å²) in [4.78, 5) is 44.2. The van der Waals surface area contributed by atoms with Crippen LogP contribution < -0.4 is 4.90 Å². The highest BCUT2D eigenvalue weighted by atomic mass is 16.2. The molecule has 0 aliphatic carbocycles. The van der Waals surface area contributed by atoms with Gasteiger partial charge in [0.1, 0.15) is 5.69 Å². The van der Waals surface area contributed by atoms with Gasteiger partial charge in [-0.2, -0.15) is 0 Å². The summed E-state index contributed by atoms with van der Waals surface area (Å²) in [5.74, 6) is -1.02. The van der Waals surface area contributed by atoms with Crippen LogP contribution in [0.25, 0.3) is 0 Å². The van der Waals surface area contributed by atoms with Crippen molar-refractivity contribution in [1.82, 2.24) is 9.88 Å². The maximum atomic E-state index is 12.5. The lowest BCUT2D eigenvalue weighted by Crippen LogP contribution is -2.32. The van der Waals surface area contributed by atoms with Gasteiger partial charge in [0.15, 0.2) is 0 Å². The zero-order valence-electron chi connectivity index (χ0n) is 13.5. The standard InChI is InChI=1S/C18H17N3O3/c1-3-20(4-2)16(22)12-7-5-8-13(11-12)21-17(23)14-9-6-10-19-15(14)18(21)24/h5-11H,3-4H2,1-2H3. The highest BCUT2D eigenvalue weighted by Crippen LogP contribution is 2.27. The Kier molecular flexibility index (Phi) is 4.12. The molecule has 0 N–H and O–H groups in total. The lowest BCUT2D eigenvalue weighted by Gasteiger charge is -2.20. The van der Waals surface area contributed by atoms with Gasteiger partial charge in [-0.15, -0.1) is 0 Å². The summed E-state index contributed by atoms with van der Waals surface area (Å²) in [7, 11) is 0. The van der Waals surface area contributed by atoms with Crippen molar-refractivity contribution in [3.63, 3.8) is 0 Å². The maximum Gasteiger partial charge on any atom is 0.284 e. The minimum Gasteiger partial charge on any atom is -0.339 e. The van der Waals surface area contributed by atoms with Gasteiger partial charge in [-0.3, -0.25) is 19.4 Å². The van der Waals surface area contributed by atoms with E-state index in [0.29, 0.717) is 24.3 Å². The second kappa shape index (κ2) is 6.23. The molecule has 0 bridgehead atoms. The van der Waals surface area contributed by atoms with Crippen molar-refractivity contribution in [1.29, 1.82) is 0 Å². The second-order valence-electron chi connectivity index (χ2n) is 5.37. The molecule has 0 unspecified atom stereocenters. The molecular weight excluding hydrogens is 306 g/mol. The van der Waals surface area contributed by atoms with E-state index < -0.39 is 11.8 Å². The Morgan fingerprint density at radius 2 is 1.83 bits per heavy atom. The van der Waals surface area contributed by atoms with E-state index in [-0.39, 0.29) is 17.2 Å². The van der Waals surface area contributed by atoms with Gasteiger partial charge in [0.25, 0.3) is 17.7 Å². The summed E-state index contributed by atoms with van der Waals surface area (Å²) in [6.07, 6.45) is 1.48. The summed E-state index contributed by atoms with van der Waals surface area (Å²) in [6.45, 7) is 5.00. The minimum atomic E-state index is -0.469. The Morgan fingerprint density at radius 3 is 2.50 bits per heavy atom. The van der Waals surface area contributed by atoms with Crippen LogP contribution in [-0.2, 0) is 0 Å². The van der Waals surface area contributed by atoms with Gasteiger partial charge in [-0.25, -0.2) is 4.90 Å². The highest BCUT2D eigenvalue weighted by Gasteiger charge is 2.37. The summed E-state index contributed by atoms with van der Waals surface area (Å²) in [5, 5.41) is 0. The van der Waals surface area contributed by atoms with Gasteiger partial charge < -0.3 is 4.90 Å². The molecule has 0 saturated carbocycles. The van der Waals surface area contributed by atoms with Crippen LogP contribution in [0.3, 0.4) is 0 Å². The van der Waals surface area contributed by atoms with Crippen LogP contribution in [-0.4, -0.2) is 40.7 Å². The van der Waals surface area contributed by atoms with E-state index in [1.807, 2.05) is 13.8 Å². The molecule has 6 heteroatoms. The Morgan fingerprint density at radius 1 is 1.08 bits per heavy atom. The summed E-state index contributed by atoms with van der Waals surface area (Å²) in [5.41, 5.74) is 1.24. The van der Waals surface area contributed by atoms with Crippen molar-refractivity contribution >= 4 is 23.4 Å².